The number of carbonyl (C=O) groups excluding carboxylic acids is 1. The number of hydrogen-bond donors (Lipinski definition) is 1. The van der Waals surface area contributed by atoms with Crippen LogP contribution in [0.25, 0.3) is 0 Å². The van der Waals surface area contributed by atoms with Gasteiger partial charge in [0.1, 0.15) is 0 Å². The average Bonchev–Trinajstić information content (AvgIpc) is 2.30. The summed E-state index contributed by atoms with van der Waals surface area (Å²) >= 11 is 0. The van der Waals surface area contributed by atoms with E-state index in [0.29, 0.717) is 6.42 Å². The van der Waals surface area contributed by atoms with Crippen molar-refractivity contribution in [2.75, 3.05) is 0 Å². The van der Waals surface area contributed by atoms with Crippen molar-refractivity contribution in [1.29, 1.82) is 0 Å². The molecule has 0 radical (unpaired) electrons. The van der Waals surface area contributed by atoms with Gasteiger partial charge in [-0.2, -0.15) is 0 Å². The monoisotopic (exact) mass is 217 g/mol. The van der Waals surface area contributed by atoms with Crippen LogP contribution in [0.5, 0.6) is 0 Å². The van der Waals surface area contributed by atoms with Gasteiger partial charge in [0.05, 0.1) is 0 Å². The van der Waals surface area contributed by atoms with Gasteiger partial charge in [0, 0.05) is 12.1 Å². The van der Waals surface area contributed by atoms with Crippen molar-refractivity contribution in [1.82, 2.24) is 5.32 Å². The summed E-state index contributed by atoms with van der Waals surface area (Å²) in [6.07, 6.45) is 4.34. The quantitative estimate of drug-likeness (QED) is 0.807. The minimum atomic E-state index is 0.103. The Bertz CT molecular complexity index is 354. The Morgan fingerprint density at radius 3 is 2.62 bits per heavy atom. The smallest absolute Gasteiger partial charge is 0.224 e. The second-order valence-electron chi connectivity index (χ2n) is 3.86. The van der Waals surface area contributed by atoms with Gasteiger partial charge in [0.2, 0.25) is 5.91 Å². The van der Waals surface area contributed by atoms with Gasteiger partial charge in [-0.3, -0.25) is 4.79 Å². The molecule has 1 amide bonds. The number of nitrogens with one attached hydrogen (secondary N) is 1. The molecule has 2 nitrogen and oxygen atoms in total. The summed E-state index contributed by atoms with van der Waals surface area (Å²) in [5, 5.41) is 2.84. The molecule has 16 heavy (non-hydrogen) atoms. The minimum absolute atomic E-state index is 0.103. The Balaban J connectivity index is 2.23. The van der Waals surface area contributed by atoms with Gasteiger partial charge in [0.15, 0.2) is 0 Å². The fourth-order valence-electron chi connectivity index (χ4n) is 1.45. The van der Waals surface area contributed by atoms with E-state index >= 15 is 0 Å². The molecule has 0 saturated carbocycles. The first-order valence-corrected chi connectivity index (χ1v) is 5.69. The molecule has 0 fully saturated rings. The number of allylic oxidation sites excluding steroid dienone is 2. The molecule has 0 spiro atoms. The van der Waals surface area contributed by atoms with E-state index in [0.717, 1.165) is 18.5 Å². The Hall–Kier alpha value is -1.57. The molecule has 0 bridgehead atoms. The number of carbonyl (C=O) groups is 1. The van der Waals surface area contributed by atoms with Crippen molar-refractivity contribution in [2.45, 2.75) is 33.1 Å². The van der Waals surface area contributed by atoms with Crippen LogP contribution >= 0.6 is 0 Å². The summed E-state index contributed by atoms with van der Waals surface area (Å²) in [4.78, 5) is 11.5. The van der Waals surface area contributed by atoms with Crippen LogP contribution in [0.4, 0.5) is 0 Å². The third-order valence-electron chi connectivity index (χ3n) is 2.48. The largest absolute Gasteiger partial charge is 0.330 e. The summed E-state index contributed by atoms with van der Waals surface area (Å²) in [6.45, 7) is 3.81. The Labute approximate surface area is 97.4 Å². The zero-order chi connectivity index (χ0) is 11.8. The molecule has 0 unspecified atom stereocenters. The van der Waals surface area contributed by atoms with Gasteiger partial charge in [0.25, 0.3) is 0 Å². The van der Waals surface area contributed by atoms with Crippen molar-refractivity contribution in [3.05, 3.63) is 47.7 Å². The number of rotatable bonds is 5. The molecule has 1 rings (SSSR count). The van der Waals surface area contributed by atoms with E-state index in [1.165, 1.54) is 5.56 Å². The lowest BCUT2D eigenvalue weighted by Gasteiger charge is -2.04. The Morgan fingerprint density at radius 1 is 1.31 bits per heavy atom. The highest BCUT2D eigenvalue weighted by Crippen LogP contribution is 2.04. The second-order valence-corrected chi connectivity index (χ2v) is 3.86. The minimum Gasteiger partial charge on any atom is -0.330 e. The van der Waals surface area contributed by atoms with Gasteiger partial charge in [-0.1, -0.05) is 36.4 Å². The molecule has 0 heterocycles. The molecule has 86 valence electrons. The Morgan fingerprint density at radius 2 is 2.00 bits per heavy atom. The van der Waals surface area contributed by atoms with Gasteiger partial charge in [-0.15, -0.1) is 0 Å². The maximum Gasteiger partial charge on any atom is 0.224 e. The fraction of sp³-hybridized carbons (Fsp3) is 0.357. The summed E-state index contributed by atoms with van der Waals surface area (Å²) in [6, 6.07) is 10.2. The lowest BCUT2D eigenvalue weighted by atomic mass is 10.1. The molecule has 0 aromatic heterocycles. The summed E-state index contributed by atoms with van der Waals surface area (Å²) in [7, 11) is 0. The second kappa shape index (κ2) is 6.83. The van der Waals surface area contributed by atoms with Crippen LogP contribution in [-0.4, -0.2) is 5.91 Å². The van der Waals surface area contributed by atoms with E-state index in [2.05, 4.69) is 17.4 Å². The van der Waals surface area contributed by atoms with E-state index in [1.807, 2.05) is 38.1 Å². The third kappa shape index (κ3) is 4.78. The summed E-state index contributed by atoms with van der Waals surface area (Å²) < 4.78 is 0. The van der Waals surface area contributed by atoms with Crippen molar-refractivity contribution < 1.29 is 4.79 Å². The molecule has 0 aliphatic heterocycles. The molecular formula is C14H19NO. The summed E-state index contributed by atoms with van der Waals surface area (Å²) in [5.74, 6) is 0.103. The van der Waals surface area contributed by atoms with E-state index in [-0.39, 0.29) is 5.91 Å². The zero-order valence-electron chi connectivity index (χ0n) is 9.99. The molecule has 1 aromatic carbocycles. The lowest BCUT2D eigenvalue weighted by molar-refractivity contribution is -0.120. The van der Waals surface area contributed by atoms with E-state index in [9.17, 15) is 4.79 Å². The van der Waals surface area contributed by atoms with Crippen LogP contribution in [0.1, 0.15) is 32.3 Å². The topological polar surface area (TPSA) is 29.1 Å². The molecule has 0 aliphatic rings. The molecule has 0 saturated heterocycles. The van der Waals surface area contributed by atoms with Gasteiger partial charge in [-0.25, -0.2) is 0 Å². The first kappa shape index (κ1) is 12.5. The van der Waals surface area contributed by atoms with Gasteiger partial charge >= 0.3 is 0 Å². The fourth-order valence-corrected chi connectivity index (χ4v) is 1.45. The lowest BCUT2D eigenvalue weighted by Crippen LogP contribution is -2.20. The highest BCUT2D eigenvalue weighted by molar-refractivity contribution is 5.77. The van der Waals surface area contributed by atoms with Crippen molar-refractivity contribution in [3.63, 3.8) is 0 Å². The number of hydrogen-bond acceptors (Lipinski definition) is 1. The third-order valence-corrected chi connectivity index (χ3v) is 2.48. The van der Waals surface area contributed by atoms with Crippen molar-refractivity contribution in [2.24, 2.45) is 0 Å². The zero-order valence-corrected chi connectivity index (χ0v) is 9.99. The highest BCUT2D eigenvalue weighted by Gasteiger charge is 2.01. The average molecular weight is 217 g/mol. The maximum atomic E-state index is 11.5. The molecule has 2 heteroatoms. The number of aryl methyl sites for hydroxylation is 1. The predicted molar refractivity (Wildman–Crippen MR) is 67.0 cm³/mol. The van der Waals surface area contributed by atoms with Crippen molar-refractivity contribution in [3.8, 4) is 0 Å². The molecule has 1 aromatic rings. The maximum absolute atomic E-state index is 11.5. The molecular weight excluding hydrogens is 198 g/mol. The van der Waals surface area contributed by atoms with Crippen LogP contribution < -0.4 is 5.32 Å². The van der Waals surface area contributed by atoms with E-state index < -0.39 is 0 Å². The SMILES string of the molecule is C/C=C(/C)NC(=O)CCCc1ccccc1. The molecule has 0 atom stereocenters. The van der Waals surface area contributed by atoms with Gasteiger partial charge < -0.3 is 5.32 Å². The van der Waals surface area contributed by atoms with Crippen LogP contribution in [0.2, 0.25) is 0 Å². The van der Waals surface area contributed by atoms with Crippen LogP contribution in [0.15, 0.2) is 42.1 Å². The number of benzene rings is 1. The normalized spacial score (nSPS) is 11.2. The first-order chi connectivity index (χ1) is 7.72. The van der Waals surface area contributed by atoms with Crippen LogP contribution in [0, 0.1) is 0 Å². The van der Waals surface area contributed by atoms with Crippen molar-refractivity contribution >= 4 is 5.91 Å². The predicted octanol–water partition coefficient (Wildman–Crippen LogP) is 3.05. The standard InChI is InChI=1S/C14H19NO/c1-3-12(2)15-14(16)11-7-10-13-8-5-4-6-9-13/h3-6,8-9H,7,10-11H2,1-2H3,(H,15,16)/b12-3-. The molecule has 1 N–H and O–H groups in total. The Kier molecular flexibility index (Phi) is 5.34. The number of amides is 1. The van der Waals surface area contributed by atoms with Crippen LogP contribution in [0.3, 0.4) is 0 Å². The van der Waals surface area contributed by atoms with E-state index in [4.69, 9.17) is 0 Å². The van der Waals surface area contributed by atoms with E-state index in [1.54, 1.807) is 0 Å². The molecule has 0 aliphatic carbocycles. The first-order valence-electron chi connectivity index (χ1n) is 5.69. The summed E-state index contributed by atoms with van der Waals surface area (Å²) in [5.41, 5.74) is 2.21. The highest BCUT2D eigenvalue weighted by atomic mass is 16.1. The van der Waals surface area contributed by atoms with Crippen LogP contribution in [-0.2, 0) is 11.2 Å². The van der Waals surface area contributed by atoms with Gasteiger partial charge in [-0.05, 0) is 32.3 Å².